The summed E-state index contributed by atoms with van der Waals surface area (Å²) in [6.45, 7) is 3.80. The molecule has 0 atom stereocenters. The van der Waals surface area contributed by atoms with Crippen molar-refractivity contribution in [3.8, 4) is 0 Å². The van der Waals surface area contributed by atoms with Gasteiger partial charge in [0.1, 0.15) is 5.82 Å². The number of nitrogens with one attached hydrogen (secondary N) is 1. The van der Waals surface area contributed by atoms with E-state index in [0.717, 1.165) is 86.5 Å². The number of aromatic nitrogens is 2. The Hall–Kier alpha value is -1.70. The number of hydrogen-bond acceptors (Lipinski definition) is 7. The number of piperazine rings is 1. The van der Waals surface area contributed by atoms with Gasteiger partial charge in [0, 0.05) is 49.1 Å². The predicted molar refractivity (Wildman–Crippen MR) is 124 cm³/mol. The maximum atomic E-state index is 10.1. The van der Waals surface area contributed by atoms with Crippen molar-refractivity contribution >= 4 is 40.8 Å². The van der Waals surface area contributed by atoms with Crippen molar-refractivity contribution in [1.82, 2.24) is 9.97 Å². The Labute approximate surface area is 187 Å². The number of aliphatic hydroxyl groups excluding tert-OH is 1. The van der Waals surface area contributed by atoms with Crippen molar-refractivity contribution in [3.63, 3.8) is 0 Å². The summed E-state index contributed by atoms with van der Waals surface area (Å²) in [6, 6.07) is 8.06. The lowest BCUT2D eigenvalue weighted by atomic mass is 9.99. The fraction of sp³-hybridized carbons (Fsp3) is 0.545. The number of rotatable bonds is 5. The molecule has 2 aromatic rings. The van der Waals surface area contributed by atoms with Gasteiger partial charge >= 0.3 is 0 Å². The van der Waals surface area contributed by atoms with Crippen LogP contribution in [-0.4, -0.2) is 59.2 Å². The summed E-state index contributed by atoms with van der Waals surface area (Å²) in [5.74, 6) is 2.80. The summed E-state index contributed by atoms with van der Waals surface area (Å²) >= 11 is 7.86. The molecule has 0 bridgehead atoms. The zero-order valence-corrected chi connectivity index (χ0v) is 18.7. The summed E-state index contributed by atoms with van der Waals surface area (Å²) < 4.78 is 0. The van der Waals surface area contributed by atoms with Gasteiger partial charge in [-0.15, -0.1) is 11.8 Å². The number of aryl methyl sites for hydroxylation is 1. The second kappa shape index (κ2) is 8.44. The van der Waals surface area contributed by atoms with E-state index >= 15 is 0 Å². The molecule has 2 aliphatic heterocycles. The van der Waals surface area contributed by atoms with Crippen LogP contribution in [0.2, 0.25) is 5.02 Å². The molecule has 30 heavy (non-hydrogen) atoms. The van der Waals surface area contributed by atoms with Gasteiger partial charge in [-0.3, -0.25) is 0 Å². The molecule has 2 N–H and O–H groups in total. The fourth-order valence-electron chi connectivity index (χ4n) is 4.72. The van der Waals surface area contributed by atoms with Gasteiger partial charge in [0.15, 0.2) is 0 Å². The lowest BCUT2D eigenvalue weighted by Gasteiger charge is -2.36. The third-order valence-corrected chi connectivity index (χ3v) is 7.89. The van der Waals surface area contributed by atoms with Crippen LogP contribution in [0, 0.1) is 0 Å². The quantitative estimate of drug-likeness (QED) is 0.725. The Morgan fingerprint density at radius 2 is 1.73 bits per heavy atom. The monoisotopic (exact) mass is 445 g/mol. The van der Waals surface area contributed by atoms with E-state index in [0.29, 0.717) is 0 Å². The number of benzene rings is 1. The number of halogens is 1. The minimum atomic E-state index is -0.226. The van der Waals surface area contributed by atoms with E-state index in [4.69, 9.17) is 21.6 Å². The highest BCUT2D eigenvalue weighted by molar-refractivity contribution is 7.99. The van der Waals surface area contributed by atoms with Crippen LogP contribution in [0.5, 0.6) is 0 Å². The fourth-order valence-corrected chi connectivity index (χ4v) is 5.90. The zero-order chi connectivity index (χ0) is 20.6. The number of aliphatic hydroxyl groups is 1. The molecule has 8 heteroatoms. The van der Waals surface area contributed by atoms with Crippen molar-refractivity contribution in [2.45, 2.75) is 42.5 Å². The van der Waals surface area contributed by atoms with E-state index in [9.17, 15) is 5.11 Å². The second-order valence-electron chi connectivity index (χ2n) is 8.47. The molecule has 0 spiro atoms. The molecule has 1 saturated carbocycles. The molecule has 2 fully saturated rings. The summed E-state index contributed by atoms with van der Waals surface area (Å²) in [5.41, 5.74) is 2.13. The van der Waals surface area contributed by atoms with Gasteiger partial charge in [-0.1, -0.05) is 24.4 Å². The van der Waals surface area contributed by atoms with E-state index in [1.807, 2.05) is 23.9 Å². The lowest BCUT2D eigenvalue weighted by Crippen LogP contribution is -2.47. The average molecular weight is 446 g/mol. The minimum absolute atomic E-state index is 0.158. The van der Waals surface area contributed by atoms with Crippen molar-refractivity contribution in [1.29, 1.82) is 0 Å². The maximum Gasteiger partial charge on any atom is 0.227 e. The van der Waals surface area contributed by atoms with Gasteiger partial charge in [0.05, 0.1) is 22.7 Å². The first-order valence-corrected chi connectivity index (χ1v) is 12.2. The first kappa shape index (κ1) is 20.2. The molecule has 0 unspecified atom stereocenters. The van der Waals surface area contributed by atoms with Crippen LogP contribution in [0.25, 0.3) is 0 Å². The topological polar surface area (TPSA) is 64.5 Å². The Bertz CT molecular complexity index is 895. The molecule has 1 saturated heterocycles. The Kier molecular flexibility index (Phi) is 5.69. The van der Waals surface area contributed by atoms with Gasteiger partial charge in [0.2, 0.25) is 5.95 Å². The van der Waals surface area contributed by atoms with Crippen LogP contribution in [0.4, 0.5) is 17.5 Å². The van der Waals surface area contributed by atoms with E-state index in [2.05, 4.69) is 27.2 Å². The van der Waals surface area contributed by atoms with Crippen LogP contribution in [-0.2, 0) is 6.42 Å². The zero-order valence-electron chi connectivity index (χ0n) is 17.1. The van der Waals surface area contributed by atoms with E-state index in [1.54, 1.807) is 0 Å². The van der Waals surface area contributed by atoms with Crippen LogP contribution >= 0.6 is 23.4 Å². The van der Waals surface area contributed by atoms with Crippen LogP contribution in [0.15, 0.2) is 29.2 Å². The van der Waals surface area contributed by atoms with Gasteiger partial charge in [-0.25, -0.2) is 4.98 Å². The summed E-state index contributed by atoms with van der Waals surface area (Å²) in [5, 5.41) is 14.5. The van der Waals surface area contributed by atoms with Gasteiger partial charge in [-0.05, 0) is 37.1 Å². The predicted octanol–water partition coefficient (Wildman–Crippen LogP) is 3.82. The molecule has 0 amide bonds. The van der Waals surface area contributed by atoms with Crippen LogP contribution in [0.3, 0.4) is 0 Å². The summed E-state index contributed by atoms with van der Waals surface area (Å²) in [4.78, 5) is 15.8. The number of thioether (sulfide) groups is 1. The minimum Gasteiger partial charge on any atom is -0.394 e. The van der Waals surface area contributed by atoms with Crippen molar-refractivity contribution in [2.24, 2.45) is 0 Å². The highest BCUT2D eigenvalue weighted by atomic mass is 35.5. The van der Waals surface area contributed by atoms with Gasteiger partial charge < -0.3 is 20.2 Å². The molecule has 6 nitrogen and oxygen atoms in total. The Balaban J connectivity index is 1.34. The third kappa shape index (κ3) is 3.95. The molecule has 160 valence electrons. The number of nitrogens with zero attached hydrogens (tertiary/aromatic N) is 4. The Morgan fingerprint density at radius 1 is 1.03 bits per heavy atom. The first-order chi connectivity index (χ1) is 14.7. The molecule has 1 aromatic heterocycles. The highest BCUT2D eigenvalue weighted by Gasteiger charge is 2.35. The number of hydrogen-bond donors (Lipinski definition) is 2. The molecule has 0 radical (unpaired) electrons. The Morgan fingerprint density at radius 3 is 2.43 bits per heavy atom. The average Bonchev–Trinajstić information content (AvgIpc) is 3.44. The number of anilines is 3. The third-order valence-electron chi connectivity index (χ3n) is 6.51. The normalized spacial score (nSPS) is 20.5. The van der Waals surface area contributed by atoms with E-state index in [1.165, 1.54) is 10.6 Å². The SMILES string of the molecule is OCC1(Nc2nc(N3CCN(c4ccc(Cl)cc4)CC3)nc3c2SCC3)CCCC1. The van der Waals surface area contributed by atoms with Crippen LogP contribution < -0.4 is 15.1 Å². The molecular weight excluding hydrogens is 418 g/mol. The molecule has 1 aliphatic carbocycles. The maximum absolute atomic E-state index is 10.1. The highest BCUT2D eigenvalue weighted by Crippen LogP contribution is 2.40. The van der Waals surface area contributed by atoms with Crippen molar-refractivity contribution in [3.05, 3.63) is 35.0 Å². The van der Waals surface area contributed by atoms with Gasteiger partial charge in [0.25, 0.3) is 0 Å². The molecule has 3 aliphatic rings. The standard InChI is InChI=1S/C22H28ClN5OS/c23-16-3-5-17(6-4-16)27-10-12-28(13-11-27)21-24-18-7-14-30-19(18)20(25-21)26-22(15-29)8-1-2-9-22/h3-6,29H,1-2,7-15H2,(H,24,25,26). The summed E-state index contributed by atoms with van der Waals surface area (Å²) in [6.07, 6.45) is 5.31. The first-order valence-electron chi connectivity index (χ1n) is 10.8. The number of fused-ring (bicyclic) bond motifs is 1. The smallest absolute Gasteiger partial charge is 0.227 e. The summed E-state index contributed by atoms with van der Waals surface area (Å²) in [7, 11) is 0. The molecule has 3 heterocycles. The van der Waals surface area contributed by atoms with E-state index < -0.39 is 0 Å². The molecular formula is C22H28ClN5OS. The second-order valence-corrected chi connectivity index (χ2v) is 10.0. The van der Waals surface area contributed by atoms with Crippen molar-refractivity contribution in [2.75, 3.05) is 53.7 Å². The lowest BCUT2D eigenvalue weighted by molar-refractivity contribution is 0.213. The van der Waals surface area contributed by atoms with Crippen LogP contribution in [0.1, 0.15) is 31.4 Å². The largest absolute Gasteiger partial charge is 0.394 e. The van der Waals surface area contributed by atoms with Crippen molar-refractivity contribution < 1.29 is 5.11 Å². The molecule has 5 rings (SSSR count). The van der Waals surface area contributed by atoms with E-state index in [-0.39, 0.29) is 12.1 Å². The van der Waals surface area contributed by atoms with Gasteiger partial charge in [-0.2, -0.15) is 4.98 Å². The molecule has 1 aromatic carbocycles.